The van der Waals surface area contributed by atoms with Gasteiger partial charge in [-0.1, -0.05) is 78.9 Å². The van der Waals surface area contributed by atoms with E-state index in [1.807, 2.05) is 66.7 Å². The zero-order valence-corrected chi connectivity index (χ0v) is 22.6. The van der Waals surface area contributed by atoms with Gasteiger partial charge in [-0.05, 0) is 60.4 Å². The number of carbonyl (C=O) groups excluding carboxylic acids is 2. The Labute approximate surface area is 233 Å². The average Bonchev–Trinajstić information content (AvgIpc) is 3.77. The molecule has 1 saturated carbocycles. The van der Waals surface area contributed by atoms with E-state index in [0.29, 0.717) is 0 Å². The third-order valence-electron chi connectivity index (χ3n) is 7.95. The summed E-state index contributed by atoms with van der Waals surface area (Å²) in [5.41, 5.74) is 4.00. The number of hydrogen-bond acceptors (Lipinski definition) is 5. The topological polar surface area (TPSA) is 114 Å². The van der Waals surface area contributed by atoms with E-state index in [1.165, 1.54) is 0 Å². The maximum atomic E-state index is 13.5. The predicted molar refractivity (Wildman–Crippen MR) is 150 cm³/mol. The second kappa shape index (κ2) is 11.5. The molecule has 3 aromatic rings. The van der Waals surface area contributed by atoms with E-state index in [2.05, 4.69) is 22.8 Å². The fourth-order valence-electron chi connectivity index (χ4n) is 5.42. The van der Waals surface area contributed by atoms with Gasteiger partial charge in [-0.25, -0.2) is 9.59 Å². The monoisotopic (exact) mass is 542 g/mol. The summed E-state index contributed by atoms with van der Waals surface area (Å²) in [5, 5.41) is 15.2. The van der Waals surface area contributed by atoms with Crippen LogP contribution in [0, 0.1) is 5.92 Å². The summed E-state index contributed by atoms with van der Waals surface area (Å²) >= 11 is 0. The quantitative estimate of drug-likeness (QED) is 0.319. The molecule has 0 heterocycles. The third kappa shape index (κ3) is 5.72. The highest BCUT2D eigenvalue weighted by atomic mass is 16.5. The van der Waals surface area contributed by atoms with Crippen LogP contribution in [-0.2, 0) is 25.7 Å². The minimum atomic E-state index is -1.32. The van der Waals surface area contributed by atoms with E-state index in [4.69, 9.17) is 9.47 Å². The van der Waals surface area contributed by atoms with Crippen molar-refractivity contribution in [3.63, 3.8) is 0 Å². The second-order valence-corrected chi connectivity index (χ2v) is 10.7. The first kappa shape index (κ1) is 27.4. The lowest BCUT2D eigenvalue weighted by atomic mass is 9.94. The maximum Gasteiger partial charge on any atom is 0.408 e. The van der Waals surface area contributed by atoms with Gasteiger partial charge < -0.3 is 25.2 Å². The van der Waals surface area contributed by atoms with Crippen molar-refractivity contribution >= 4 is 18.0 Å². The Hall–Kier alpha value is -4.17. The van der Waals surface area contributed by atoms with Crippen LogP contribution in [0.1, 0.15) is 49.3 Å². The largest absolute Gasteiger partial charge is 0.480 e. The van der Waals surface area contributed by atoms with Crippen LogP contribution in [0.4, 0.5) is 4.79 Å². The Morgan fingerprint density at radius 1 is 0.925 bits per heavy atom. The van der Waals surface area contributed by atoms with E-state index >= 15 is 0 Å². The number of amides is 2. The molecule has 3 N–H and O–H groups in total. The minimum Gasteiger partial charge on any atom is -0.480 e. The molecule has 2 amide bonds. The maximum absolute atomic E-state index is 13.5. The van der Waals surface area contributed by atoms with E-state index in [1.54, 1.807) is 13.8 Å². The van der Waals surface area contributed by atoms with Gasteiger partial charge in [0, 0.05) is 5.92 Å². The molecule has 8 heteroatoms. The lowest BCUT2D eigenvalue weighted by Crippen LogP contribution is -2.62. The highest BCUT2D eigenvalue weighted by Crippen LogP contribution is 2.44. The fourth-order valence-corrected chi connectivity index (χ4v) is 5.42. The summed E-state index contributed by atoms with van der Waals surface area (Å²) in [4.78, 5) is 38.6. The van der Waals surface area contributed by atoms with E-state index in [0.717, 1.165) is 40.7 Å². The van der Waals surface area contributed by atoms with Crippen molar-refractivity contribution in [2.24, 2.45) is 5.92 Å². The van der Waals surface area contributed by atoms with Crippen LogP contribution in [0.15, 0.2) is 78.9 Å². The first-order chi connectivity index (χ1) is 19.3. The van der Waals surface area contributed by atoms with Crippen molar-refractivity contribution in [3.05, 3.63) is 95.6 Å². The number of rotatable bonds is 11. The smallest absolute Gasteiger partial charge is 0.408 e. The lowest BCUT2D eigenvalue weighted by Gasteiger charge is -2.32. The summed E-state index contributed by atoms with van der Waals surface area (Å²) in [6.45, 7) is 3.55. The van der Waals surface area contributed by atoms with Crippen LogP contribution in [0.5, 0.6) is 0 Å². The molecule has 0 aromatic heterocycles. The van der Waals surface area contributed by atoms with Crippen molar-refractivity contribution in [1.82, 2.24) is 10.6 Å². The first-order valence-corrected chi connectivity index (χ1v) is 13.6. The van der Waals surface area contributed by atoms with E-state index in [9.17, 15) is 19.5 Å². The predicted octanol–water partition coefficient (Wildman–Crippen LogP) is 4.87. The molecular formula is C32H34N2O6. The molecule has 0 spiro atoms. The molecule has 8 nitrogen and oxygen atoms in total. The molecule has 208 valence electrons. The molecule has 2 aliphatic rings. The summed E-state index contributed by atoms with van der Waals surface area (Å²) in [5.74, 6) is -2.03. The molecule has 2 aliphatic carbocycles. The van der Waals surface area contributed by atoms with Crippen molar-refractivity contribution in [3.8, 4) is 11.1 Å². The van der Waals surface area contributed by atoms with Gasteiger partial charge in [-0.3, -0.25) is 4.79 Å². The van der Waals surface area contributed by atoms with Gasteiger partial charge >= 0.3 is 12.1 Å². The van der Waals surface area contributed by atoms with Crippen molar-refractivity contribution < 1.29 is 29.0 Å². The van der Waals surface area contributed by atoms with Gasteiger partial charge in [0.15, 0.2) is 6.04 Å². The van der Waals surface area contributed by atoms with E-state index < -0.39 is 35.7 Å². The zero-order chi connectivity index (χ0) is 28.3. The summed E-state index contributed by atoms with van der Waals surface area (Å²) in [7, 11) is 0. The van der Waals surface area contributed by atoms with Gasteiger partial charge in [0.1, 0.15) is 12.1 Å². The summed E-state index contributed by atoms with van der Waals surface area (Å²) in [6.07, 6.45) is -0.0391. The normalized spacial score (nSPS) is 17.1. The van der Waals surface area contributed by atoms with E-state index in [-0.39, 0.29) is 25.0 Å². The number of aliphatic carboxylic acids is 1. The number of fused-ring (bicyclic) bond motifs is 3. The van der Waals surface area contributed by atoms with Crippen LogP contribution < -0.4 is 10.6 Å². The molecule has 1 fully saturated rings. The number of carboxylic acid groups (broad SMARTS) is 1. The number of nitrogens with one attached hydrogen (secondary N) is 2. The first-order valence-electron chi connectivity index (χ1n) is 13.6. The molecule has 40 heavy (non-hydrogen) atoms. The summed E-state index contributed by atoms with van der Waals surface area (Å²) < 4.78 is 11.4. The Morgan fingerprint density at radius 2 is 1.50 bits per heavy atom. The number of ether oxygens (including phenoxy) is 2. The van der Waals surface area contributed by atoms with Crippen LogP contribution >= 0.6 is 0 Å². The van der Waals surface area contributed by atoms with Crippen LogP contribution in [0.3, 0.4) is 0 Å². The number of alkyl carbamates (subject to hydrolysis) is 1. The van der Waals surface area contributed by atoms with Gasteiger partial charge in [0.2, 0.25) is 5.91 Å². The SMILES string of the molecule is CC(OCc1ccccc1)C(NC(=O)C(C)(NC(=O)OCC1c2ccccc2-c2ccccc21)C1CC1)C(=O)O. The number of carboxylic acids is 1. The Balaban J connectivity index is 1.23. The van der Waals surface area contributed by atoms with Gasteiger partial charge in [-0.2, -0.15) is 0 Å². The van der Waals surface area contributed by atoms with Gasteiger partial charge in [-0.15, -0.1) is 0 Å². The zero-order valence-electron chi connectivity index (χ0n) is 22.6. The highest BCUT2D eigenvalue weighted by Gasteiger charge is 2.50. The number of hydrogen-bond donors (Lipinski definition) is 3. The highest BCUT2D eigenvalue weighted by molar-refractivity contribution is 5.93. The molecule has 0 saturated heterocycles. The standard InChI is InChI=1S/C32H34N2O6/c1-20(39-18-21-10-4-3-5-11-21)28(29(35)36)33-30(37)32(2,22-16-17-22)34-31(38)40-19-27-25-14-8-6-12-23(25)24-13-7-9-15-26(24)27/h3-15,20,22,27-28H,16-19H2,1-2H3,(H,33,37)(H,34,38)(H,35,36). The Kier molecular flexibility index (Phi) is 7.89. The van der Waals surface area contributed by atoms with Crippen LogP contribution in [-0.4, -0.2) is 47.4 Å². The Morgan fingerprint density at radius 3 is 2.08 bits per heavy atom. The molecule has 3 unspecified atom stereocenters. The summed E-state index contributed by atoms with van der Waals surface area (Å²) in [6, 6.07) is 24.2. The fraction of sp³-hybridized carbons (Fsp3) is 0.344. The van der Waals surface area contributed by atoms with Crippen molar-refractivity contribution in [1.29, 1.82) is 0 Å². The molecule has 0 aliphatic heterocycles. The molecule has 3 atom stereocenters. The van der Waals surface area contributed by atoms with Crippen molar-refractivity contribution in [2.45, 2.75) is 56.9 Å². The Bertz CT molecular complexity index is 1340. The lowest BCUT2D eigenvalue weighted by molar-refractivity contribution is -0.147. The molecule has 3 aromatic carbocycles. The van der Waals surface area contributed by atoms with Crippen LogP contribution in [0.25, 0.3) is 11.1 Å². The van der Waals surface area contributed by atoms with Crippen LogP contribution in [0.2, 0.25) is 0 Å². The number of benzene rings is 3. The number of carbonyl (C=O) groups is 3. The minimum absolute atomic E-state index is 0.113. The second-order valence-electron chi connectivity index (χ2n) is 10.7. The molecular weight excluding hydrogens is 508 g/mol. The van der Waals surface area contributed by atoms with Crippen molar-refractivity contribution in [2.75, 3.05) is 6.61 Å². The molecule has 5 rings (SSSR count). The molecule has 0 radical (unpaired) electrons. The third-order valence-corrected chi connectivity index (χ3v) is 7.95. The average molecular weight is 543 g/mol. The molecule has 0 bridgehead atoms. The van der Waals surface area contributed by atoms with Gasteiger partial charge in [0.25, 0.3) is 0 Å². The van der Waals surface area contributed by atoms with Gasteiger partial charge in [0.05, 0.1) is 12.7 Å².